The van der Waals surface area contributed by atoms with Gasteiger partial charge in [0.05, 0.1) is 26.7 Å². The number of carbonyl (C=O) groups excluding carboxylic acids is 2. The van der Waals surface area contributed by atoms with Crippen LogP contribution in [0.1, 0.15) is 31.2 Å². The Balaban J connectivity index is 1.62. The Morgan fingerprint density at radius 2 is 2.07 bits per heavy atom. The fourth-order valence-corrected chi connectivity index (χ4v) is 3.27. The Morgan fingerprint density at radius 1 is 1.33 bits per heavy atom. The van der Waals surface area contributed by atoms with Crippen LogP contribution in [-0.2, 0) is 9.59 Å². The van der Waals surface area contributed by atoms with E-state index in [9.17, 15) is 14.7 Å². The van der Waals surface area contributed by atoms with Crippen LogP contribution in [0.4, 0.5) is 0 Å². The molecule has 0 aliphatic carbocycles. The first-order valence-electron chi connectivity index (χ1n) is 8.76. The molecule has 144 valence electrons. The van der Waals surface area contributed by atoms with Crippen molar-refractivity contribution >= 4 is 11.9 Å². The molecule has 0 saturated carbocycles. The van der Waals surface area contributed by atoms with Gasteiger partial charge in [0.25, 0.3) is 5.89 Å². The summed E-state index contributed by atoms with van der Waals surface area (Å²) in [6.45, 7) is 0.696. The summed E-state index contributed by atoms with van der Waals surface area (Å²) < 4.78 is 10.6. The lowest BCUT2D eigenvalue weighted by atomic mass is 10.1. The first-order valence-corrected chi connectivity index (χ1v) is 8.76. The predicted molar refractivity (Wildman–Crippen MR) is 91.6 cm³/mol. The summed E-state index contributed by atoms with van der Waals surface area (Å²) in [4.78, 5) is 27.9. The molecule has 9 nitrogen and oxygen atoms in total. The van der Waals surface area contributed by atoms with Gasteiger partial charge >= 0.3 is 0 Å². The normalized spacial score (nSPS) is 21.8. The molecule has 9 heteroatoms. The Labute approximate surface area is 156 Å². The van der Waals surface area contributed by atoms with Crippen molar-refractivity contribution in [2.75, 3.05) is 20.7 Å². The first-order chi connectivity index (χ1) is 13.0. The molecule has 1 amide bonds. The third kappa shape index (κ3) is 4.62. The third-order valence-corrected chi connectivity index (χ3v) is 4.69. The quantitative estimate of drug-likeness (QED) is 0.619. The number of ether oxygens (including phenoxy) is 1. The van der Waals surface area contributed by atoms with Gasteiger partial charge in [-0.15, -0.1) is 0 Å². The molecule has 1 aromatic carbocycles. The van der Waals surface area contributed by atoms with E-state index in [0.29, 0.717) is 24.7 Å². The third-order valence-electron chi connectivity index (χ3n) is 4.69. The van der Waals surface area contributed by atoms with Crippen LogP contribution in [0.2, 0.25) is 0 Å². The summed E-state index contributed by atoms with van der Waals surface area (Å²) in [5, 5.41) is 17.4. The van der Waals surface area contributed by atoms with Gasteiger partial charge in [-0.3, -0.25) is 4.79 Å². The number of hydrogen-bond acceptors (Lipinski definition) is 7. The molecule has 1 aromatic heterocycles. The van der Waals surface area contributed by atoms with Crippen LogP contribution in [-0.4, -0.2) is 48.8 Å². The maximum Gasteiger partial charge on any atom is 0.285 e. The summed E-state index contributed by atoms with van der Waals surface area (Å²) in [5.74, 6) is 0.252. The van der Waals surface area contributed by atoms with Crippen molar-refractivity contribution in [3.05, 3.63) is 30.2 Å². The molecule has 2 heterocycles. The molecule has 1 fully saturated rings. The monoisotopic (exact) mass is 374 g/mol. The number of carbonyl (C=O) groups is 2. The van der Waals surface area contributed by atoms with Crippen molar-refractivity contribution in [2.45, 2.75) is 31.3 Å². The summed E-state index contributed by atoms with van der Waals surface area (Å²) >= 11 is 0. The Hall–Kier alpha value is -2.94. The highest BCUT2D eigenvalue weighted by molar-refractivity contribution is 5.80. The zero-order chi connectivity index (χ0) is 19.4. The molecular weight excluding hydrogens is 352 g/mol. The number of carboxylic acid groups (broad SMARTS) is 1. The average molecular weight is 374 g/mol. The van der Waals surface area contributed by atoms with Gasteiger partial charge in [-0.05, 0) is 30.7 Å². The number of hydrogen-bond donors (Lipinski definition) is 2. The van der Waals surface area contributed by atoms with Crippen molar-refractivity contribution in [1.29, 1.82) is 0 Å². The molecule has 0 spiro atoms. The van der Waals surface area contributed by atoms with Gasteiger partial charge < -0.3 is 29.4 Å². The SMILES string of the molecule is COc1ccc(-c2noc([C@@H]3C[C@H](NC(=O)CCC(=O)[O-])C[NH+]3C)n2)cc1. The van der Waals surface area contributed by atoms with Crippen LogP contribution in [0.3, 0.4) is 0 Å². The minimum atomic E-state index is -1.23. The number of aromatic nitrogens is 2. The van der Waals surface area contributed by atoms with Gasteiger partial charge in [-0.2, -0.15) is 4.98 Å². The highest BCUT2D eigenvalue weighted by Gasteiger charge is 2.39. The van der Waals surface area contributed by atoms with Crippen LogP contribution in [0.5, 0.6) is 5.75 Å². The molecule has 0 radical (unpaired) electrons. The summed E-state index contributed by atoms with van der Waals surface area (Å²) in [5.41, 5.74) is 0.827. The van der Waals surface area contributed by atoms with Crippen molar-refractivity contribution in [2.24, 2.45) is 0 Å². The predicted octanol–water partition coefficient (Wildman–Crippen LogP) is -1.28. The van der Waals surface area contributed by atoms with E-state index in [-0.39, 0.29) is 30.8 Å². The summed E-state index contributed by atoms with van der Waals surface area (Å²) in [6, 6.07) is 7.28. The van der Waals surface area contributed by atoms with Crippen LogP contribution in [0.15, 0.2) is 28.8 Å². The number of quaternary nitrogens is 1. The van der Waals surface area contributed by atoms with E-state index in [1.807, 2.05) is 31.3 Å². The lowest BCUT2D eigenvalue weighted by molar-refractivity contribution is -0.900. The van der Waals surface area contributed by atoms with Gasteiger partial charge in [-0.25, -0.2) is 0 Å². The van der Waals surface area contributed by atoms with Crippen molar-refractivity contribution in [1.82, 2.24) is 15.5 Å². The fraction of sp³-hybridized carbons (Fsp3) is 0.444. The second-order valence-corrected chi connectivity index (χ2v) is 6.66. The zero-order valence-electron chi connectivity index (χ0n) is 15.2. The second kappa shape index (κ2) is 8.17. The Morgan fingerprint density at radius 3 is 2.74 bits per heavy atom. The number of nitrogens with one attached hydrogen (secondary N) is 2. The van der Waals surface area contributed by atoms with Gasteiger partial charge in [0.1, 0.15) is 5.75 Å². The molecule has 3 atom stereocenters. The van der Waals surface area contributed by atoms with Crippen molar-refractivity contribution in [3.8, 4) is 17.1 Å². The number of amides is 1. The first kappa shape index (κ1) is 18.8. The molecule has 1 saturated heterocycles. The molecule has 0 bridgehead atoms. The molecule has 1 unspecified atom stereocenters. The van der Waals surface area contributed by atoms with E-state index in [2.05, 4.69) is 15.5 Å². The zero-order valence-corrected chi connectivity index (χ0v) is 15.2. The van der Waals surface area contributed by atoms with Gasteiger partial charge in [0.15, 0.2) is 6.04 Å². The van der Waals surface area contributed by atoms with E-state index < -0.39 is 5.97 Å². The number of rotatable bonds is 7. The van der Waals surface area contributed by atoms with Gasteiger partial charge in [0, 0.05) is 24.4 Å². The fourth-order valence-electron chi connectivity index (χ4n) is 3.27. The molecule has 3 rings (SSSR count). The lowest BCUT2D eigenvalue weighted by Gasteiger charge is -2.11. The van der Waals surface area contributed by atoms with E-state index >= 15 is 0 Å². The number of methoxy groups -OCH3 is 1. The molecule has 1 aliphatic rings. The van der Waals surface area contributed by atoms with Crippen molar-refractivity contribution in [3.63, 3.8) is 0 Å². The molecule has 2 N–H and O–H groups in total. The second-order valence-electron chi connectivity index (χ2n) is 6.66. The summed E-state index contributed by atoms with van der Waals surface area (Å²) in [7, 11) is 3.60. The van der Waals surface area contributed by atoms with E-state index in [1.165, 1.54) is 0 Å². The smallest absolute Gasteiger partial charge is 0.285 e. The number of likely N-dealkylation sites (tertiary alicyclic amines) is 1. The maximum atomic E-state index is 11.8. The molecule has 27 heavy (non-hydrogen) atoms. The lowest BCUT2D eigenvalue weighted by Crippen LogP contribution is -3.07. The summed E-state index contributed by atoms with van der Waals surface area (Å²) in [6.07, 6.45) is 0.289. The van der Waals surface area contributed by atoms with Crippen LogP contribution >= 0.6 is 0 Å². The number of carboxylic acids is 1. The standard InChI is InChI=1S/C18H22N4O5/c1-22-10-12(19-15(23)7-8-16(24)25)9-14(22)18-20-17(21-27-18)11-3-5-13(26-2)6-4-11/h3-6,12,14H,7-10H2,1-2H3,(H,19,23)(H,24,25)/t12-,14-/m0/s1. The molecule has 2 aromatic rings. The number of nitrogens with zero attached hydrogens (tertiary/aromatic N) is 2. The Bertz CT molecular complexity index is 804. The Kier molecular flexibility index (Phi) is 5.70. The highest BCUT2D eigenvalue weighted by Crippen LogP contribution is 2.23. The number of likely N-dealkylation sites (N-methyl/N-ethyl adjacent to an activating group) is 1. The minimum Gasteiger partial charge on any atom is -0.550 e. The molecular formula is C18H22N4O5. The largest absolute Gasteiger partial charge is 0.550 e. The van der Waals surface area contributed by atoms with E-state index in [0.717, 1.165) is 16.2 Å². The van der Waals surface area contributed by atoms with Gasteiger partial charge in [-0.1, -0.05) is 5.16 Å². The molecule has 1 aliphatic heterocycles. The van der Waals surface area contributed by atoms with E-state index in [4.69, 9.17) is 9.26 Å². The van der Waals surface area contributed by atoms with Crippen LogP contribution in [0.25, 0.3) is 11.4 Å². The topological polar surface area (TPSA) is 122 Å². The number of aliphatic carboxylic acids is 1. The van der Waals surface area contributed by atoms with E-state index in [1.54, 1.807) is 7.11 Å². The maximum absolute atomic E-state index is 11.8. The van der Waals surface area contributed by atoms with Gasteiger partial charge in [0.2, 0.25) is 11.7 Å². The highest BCUT2D eigenvalue weighted by atomic mass is 16.5. The number of benzene rings is 1. The average Bonchev–Trinajstić information content (AvgIpc) is 3.26. The minimum absolute atomic E-state index is 0.0315. The van der Waals surface area contributed by atoms with Crippen molar-refractivity contribution < 1.29 is 28.9 Å². The van der Waals surface area contributed by atoms with Crippen LogP contribution < -0.4 is 20.1 Å². The van der Waals surface area contributed by atoms with Crippen LogP contribution in [0, 0.1) is 0 Å².